The lowest BCUT2D eigenvalue weighted by molar-refractivity contribution is -0.385. The molecule has 0 aliphatic heterocycles. The maximum Gasteiger partial charge on any atom is 0.416 e. The largest absolute Gasteiger partial charge is 0.456 e. The number of rotatable bonds is 7. The fourth-order valence-electron chi connectivity index (χ4n) is 2.37. The number of nitro benzene ring substituents is 2. The Balaban J connectivity index is 2.06. The van der Waals surface area contributed by atoms with Gasteiger partial charge in [0, 0.05) is 18.2 Å². The SMILES string of the molecule is C[C@@H](OC(=O)CNc1ccc(C(F)(F)F)cc1[N+](=O)[O-])c1cccc([N+](=O)[O-])c1. The standard InChI is InChI=1S/C17H14F3N3O6/c1-10(11-3-2-4-13(7-11)22(25)26)29-16(24)9-21-14-6-5-12(17(18,19)20)8-15(14)23(27)28/h2-8,10,21H,9H2,1H3/t10-/m1/s1. The van der Waals surface area contributed by atoms with E-state index in [2.05, 4.69) is 5.32 Å². The zero-order chi connectivity index (χ0) is 21.8. The summed E-state index contributed by atoms with van der Waals surface area (Å²) in [5.41, 5.74) is -2.17. The molecule has 2 aromatic carbocycles. The van der Waals surface area contributed by atoms with E-state index in [1.54, 1.807) is 0 Å². The minimum absolute atomic E-state index is 0.191. The third-order valence-electron chi connectivity index (χ3n) is 3.80. The zero-order valence-electron chi connectivity index (χ0n) is 14.8. The molecule has 1 N–H and O–H groups in total. The molecule has 12 heteroatoms. The molecule has 0 unspecified atom stereocenters. The number of carbonyl (C=O) groups excluding carboxylic acids is 1. The van der Waals surface area contributed by atoms with Crippen molar-refractivity contribution in [3.8, 4) is 0 Å². The molecule has 0 heterocycles. The smallest absolute Gasteiger partial charge is 0.416 e. The van der Waals surface area contributed by atoms with Crippen LogP contribution in [0.2, 0.25) is 0 Å². The Morgan fingerprint density at radius 1 is 1.14 bits per heavy atom. The van der Waals surface area contributed by atoms with Crippen molar-refractivity contribution in [2.24, 2.45) is 0 Å². The van der Waals surface area contributed by atoms with E-state index in [0.29, 0.717) is 17.7 Å². The van der Waals surface area contributed by atoms with E-state index in [1.165, 1.54) is 31.2 Å². The van der Waals surface area contributed by atoms with Crippen molar-refractivity contribution in [3.63, 3.8) is 0 Å². The number of nitrogens with one attached hydrogen (secondary N) is 1. The summed E-state index contributed by atoms with van der Waals surface area (Å²) >= 11 is 0. The monoisotopic (exact) mass is 413 g/mol. The number of anilines is 1. The van der Waals surface area contributed by atoms with Crippen LogP contribution in [0.25, 0.3) is 0 Å². The Labute approximate surface area is 161 Å². The van der Waals surface area contributed by atoms with Gasteiger partial charge >= 0.3 is 12.1 Å². The van der Waals surface area contributed by atoms with Crippen molar-refractivity contribution in [1.29, 1.82) is 0 Å². The molecule has 0 fully saturated rings. The van der Waals surface area contributed by atoms with Gasteiger partial charge in [-0.3, -0.25) is 25.0 Å². The summed E-state index contributed by atoms with van der Waals surface area (Å²) < 4.78 is 43.2. The molecular formula is C17H14F3N3O6. The molecule has 0 saturated carbocycles. The lowest BCUT2D eigenvalue weighted by atomic mass is 10.1. The predicted octanol–water partition coefficient (Wildman–Crippen LogP) is 4.24. The Bertz CT molecular complexity index is 948. The number of nitrogens with zero attached hydrogens (tertiary/aromatic N) is 2. The average molecular weight is 413 g/mol. The Hall–Kier alpha value is -3.70. The Morgan fingerprint density at radius 2 is 1.83 bits per heavy atom. The minimum Gasteiger partial charge on any atom is -0.456 e. The number of halogens is 3. The molecule has 0 aromatic heterocycles. The van der Waals surface area contributed by atoms with E-state index < -0.39 is 45.9 Å². The van der Waals surface area contributed by atoms with E-state index in [1.807, 2.05) is 0 Å². The number of nitro groups is 2. The summed E-state index contributed by atoms with van der Waals surface area (Å²) in [6.07, 6.45) is -5.61. The van der Waals surface area contributed by atoms with E-state index in [0.717, 1.165) is 6.07 Å². The molecule has 0 saturated heterocycles. The number of alkyl halides is 3. The van der Waals surface area contributed by atoms with E-state index in [-0.39, 0.29) is 11.4 Å². The molecule has 154 valence electrons. The van der Waals surface area contributed by atoms with Crippen LogP contribution in [-0.4, -0.2) is 22.4 Å². The summed E-state index contributed by atoms with van der Waals surface area (Å²) in [5.74, 6) is -0.863. The molecule has 2 rings (SSSR count). The minimum atomic E-state index is -4.75. The molecule has 0 aliphatic rings. The second kappa shape index (κ2) is 8.54. The van der Waals surface area contributed by atoms with Crippen molar-refractivity contribution in [1.82, 2.24) is 0 Å². The first-order chi connectivity index (χ1) is 13.5. The molecule has 1 atom stereocenters. The number of esters is 1. The van der Waals surface area contributed by atoms with Crippen LogP contribution in [0.1, 0.15) is 24.2 Å². The van der Waals surface area contributed by atoms with E-state index >= 15 is 0 Å². The van der Waals surface area contributed by atoms with Crippen LogP contribution in [0.15, 0.2) is 42.5 Å². The van der Waals surface area contributed by atoms with Gasteiger partial charge in [0.1, 0.15) is 18.3 Å². The normalized spacial score (nSPS) is 12.1. The summed E-state index contributed by atoms with van der Waals surface area (Å²) in [6, 6.07) is 7.28. The lowest BCUT2D eigenvalue weighted by Gasteiger charge is -2.14. The highest BCUT2D eigenvalue weighted by atomic mass is 19.4. The fraction of sp³-hybridized carbons (Fsp3) is 0.235. The molecule has 0 spiro atoms. The van der Waals surface area contributed by atoms with Crippen LogP contribution < -0.4 is 5.32 Å². The molecular weight excluding hydrogens is 399 g/mol. The fourth-order valence-corrected chi connectivity index (χ4v) is 2.37. The van der Waals surface area contributed by atoms with Gasteiger partial charge in [0.15, 0.2) is 0 Å². The zero-order valence-corrected chi connectivity index (χ0v) is 14.8. The van der Waals surface area contributed by atoms with Crippen LogP contribution in [0.5, 0.6) is 0 Å². The number of non-ortho nitro benzene ring substituents is 1. The third-order valence-corrected chi connectivity index (χ3v) is 3.80. The van der Waals surface area contributed by atoms with Crippen LogP contribution in [-0.2, 0) is 15.7 Å². The maximum absolute atomic E-state index is 12.7. The quantitative estimate of drug-likeness (QED) is 0.409. The van der Waals surface area contributed by atoms with Crippen LogP contribution in [0.4, 0.5) is 30.2 Å². The van der Waals surface area contributed by atoms with Crippen LogP contribution in [0.3, 0.4) is 0 Å². The highest BCUT2D eigenvalue weighted by Crippen LogP contribution is 2.35. The molecule has 0 amide bonds. The van der Waals surface area contributed by atoms with E-state index in [9.17, 15) is 38.2 Å². The number of benzene rings is 2. The summed E-state index contributed by atoms with van der Waals surface area (Å²) in [4.78, 5) is 32.2. The summed E-state index contributed by atoms with van der Waals surface area (Å²) in [5, 5.41) is 24.2. The molecule has 0 aliphatic carbocycles. The van der Waals surface area contributed by atoms with Gasteiger partial charge in [-0.2, -0.15) is 13.2 Å². The first-order valence-corrected chi connectivity index (χ1v) is 8.02. The van der Waals surface area contributed by atoms with Gasteiger partial charge in [0.05, 0.1) is 15.4 Å². The summed E-state index contributed by atoms with van der Waals surface area (Å²) in [6.45, 7) is 0.906. The Morgan fingerprint density at radius 3 is 2.41 bits per heavy atom. The average Bonchev–Trinajstić information content (AvgIpc) is 2.65. The molecule has 9 nitrogen and oxygen atoms in total. The lowest BCUT2D eigenvalue weighted by Crippen LogP contribution is -2.19. The second-order valence-electron chi connectivity index (χ2n) is 5.82. The van der Waals surface area contributed by atoms with Crippen molar-refractivity contribution in [2.45, 2.75) is 19.2 Å². The number of carbonyl (C=O) groups is 1. The molecule has 2 aromatic rings. The molecule has 0 radical (unpaired) electrons. The summed E-state index contributed by atoms with van der Waals surface area (Å²) in [7, 11) is 0. The predicted molar refractivity (Wildman–Crippen MR) is 94.2 cm³/mol. The number of ether oxygens (including phenoxy) is 1. The molecule has 0 bridgehead atoms. The van der Waals surface area contributed by atoms with Gasteiger partial charge in [0.25, 0.3) is 11.4 Å². The van der Waals surface area contributed by atoms with Crippen LogP contribution >= 0.6 is 0 Å². The van der Waals surface area contributed by atoms with Crippen LogP contribution in [0, 0.1) is 20.2 Å². The van der Waals surface area contributed by atoms with Crippen molar-refractivity contribution >= 4 is 23.0 Å². The van der Waals surface area contributed by atoms with Gasteiger partial charge < -0.3 is 10.1 Å². The highest BCUT2D eigenvalue weighted by molar-refractivity contribution is 5.77. The Kier molecular flexibility index (Phi) is 6.36. The van der Waals surface area contributed by atoms with E-state index in [4.69, 9.17) is 4.74 Å². The number of hydrogen-bond donors (Lipinski definition) is 1. The van der Waals surface area contributed by atoms with Gasteiger partial charge in [-0.1, -0.05) is 12.1 Å². The molecule has 29 heavy (non-hydrogen) atoms. The highest BCUT2D eigenvalue weighted by Gasteiger charge is 2.33. The van der Waals surface area contributed by atoms with Gasteiger partial charge in [-0.05, 0) is 24.6 Å². The third kappa shape index (κ3) is 5.64. The van der Waals surface area contributed by atoms with Gasteiger partial charge in [0.2, 0.25) is 0 Å². The van der Waals surface area contributed by atoms with Crippen molar-refractivity contribution in [2.75, 3.05) is 11.9 Å². The topological polar surface area (TPSA) is 125 Å². The van der Waals surface area contributed by atoms with Crippen molar-refractivity contribution < 1.29 is 32.5 Å². The van der Waals surface area contributed by atoms with Gasteiger partial charge in [-0.25, -0.2) is 0 Å². The second-order valence-corrected chi connectivity index (χ2v) is 5.82. The van der Waals surface area contributed by atoms with Gasteiger partial charge in [-0.15, -0.1) is 0 Å². The first-order valence-electron chi connectivity index (χ1n) is 8.02. The first kappa shape index (κ1) is 21.6. The maximum atomic E-state index is 12.7. The van der Waals surface area contributed by atoms with Crippen molar-refractivity contribution in [3.05, 3.63) is 73.8 Å². The number of hydrogen-bond acceptors (Lipinski definition) is 7.